The zero-order chi connectivity index (χ0) is 15.1. The maximum atomic E-state index is 13.8. The molecular formula is C14H14ClFN4O. The van der Waals surface area contributed by atoms with E-state index in [0.29, 0.717) is 11.3 Å². The highest BCUT2D eigenvalue weighted by atomic mass is 35.5. The lowest BCUT2D eigenvalue weighted by Gasteiger charge is -2.08. The summed E-state index contributed by atoms with van der Waals surface area (Å²) in [6, 6.07) is 2.97. The molecule has 1 atom stereocenters. The monoisotopic (exact) mass is 308 g/mol. The Morgan fingerprint density at radius 2 is 2.14 bits per heavy atom. The molecule has 5 nitrogen and oxygen atoms in total. The summed E-state index contributed by atoms with van der Waals surface area (Å²) in [4.78, 5) is 4.43. The van der Waals surface area contributed by atoms with Gasteiger partial charge in [0.25, 0.3) is 0 Å². The second-order valence-corrected chi connectivity index (χ2v) is 5.42. The molecular weight excluding hydrogens is 295 g/mol. The number of halogens is 2. The van der Waals surface area contributed by atoms with Gasteiger partial charge in [-0.05, 0) is 6.92 Å². The van der Waals surface area contributed by atoms with Gasteiger partial charge >= 0.3 is 0 Å². The molecule has 3 rings (SSSR count). The summed E-state index contributed by atoms with van der Waals surface area (Å²) in [7, 11) is 3.26. The largest absolute Gasteiger partial charge is 0.494 e. The summed E-state index contributed by atoms with van der Waals surface area (Å²) >= 11 is 6.21. The van der Waals surface area contributed by atoms with Gasteiger partial charge in [-0.25, -0.2) is 9.37 Å². The highest BCUT2D eigenvalue weighted by molar-refractivity contribution is 6.20. The molecule has 0 radical (unpaired) electrons. The number of alkyl halides is 1. The summed E-state index contributed by atoms with van der Waals surface area (Å²) < 4.78 is 22.4. The van der Waals surface area contributed by atoms with Crippen LogP contribution in [0.5, 0.6) is 5.75 Å². The molecule has 0 spiro atoms. The molecule has 7 heteroatoms. The van der Waals surface area contributed by atoms with E-state index in [1.165, 1.54) is 13.2 Å². The van der Waals surface area contributed by atoms with Crippen molar-refractivity contribution < 1.29 is 9.13 Å². The zero-order valence-corrected chi connectivity index (χ0v) is 12.6. The number of imidazole rings is 1. The van der Waals surface area contributed by atoms with E-state index in [4.69, 9.17) is 16.3 Å². The third-order valence-corrected chi connectivity index (χ3v) is 3.45. The lowest BCUT2D eigenvalue weighted by atomic mass is 10.2. The van der Waals surface area contributed by atoms with Crippen LogP contribution in [0.1, 0.15) is 18.1 Å². The second kappa shape index (κ2) is 5.04. The van der Waals surface area contributed by atoms with Gasteiger partial charge < -0.3 is 4.74 Å². The average molecular weight is 309 g/mol. The number of aryl methyl sites for hydroxylation is 1. The molecule has 1 unspecified atom stereocenters. The van der Waals surface area contributed by atoms with Crippen molar-refractivity contribution in [1.82, 2.24) is 19.3 Å². The molecule has 0 N–H and O–H groups in total. The molecule has 0 saturated heterocycles. The Morgan fingerprint density at radius 1 is 1.38 bits per heavy atom. The maximum absolute atomic E-state index is 13.8. The fourth-order valence-corrected chi connectivity index (χ4v) is 2.46. The number of fused-ring (bicyclic) bond motifs is 1. The number of benzene rings is 1. The minimum atomic E-state index is -0.449. The lowest BCUT2D eigenvalue weighted by molar-refractivity contribution is 0.387. The van der Waals surface area contributed by atoms with Crippen molar-refractivity contribution in [2.75, 3.05) is 7.11 Å². The number of hydrogen-bond acceptors (Lipinski definition) is 3. The third kappa shape index (κ3) is 2.25. The van der Waals surface area contributed by atoms with Gasteiger partial charge in [0.15, 0.2) is 11.6 Å². The Morgan fingerprint density at radius 3 is 2.71 bits per heavy atom. The Kier molecular flexibility index (Phi) is 3.33. The van der Waals surface area contributed by atoms with Crippen LogP contribution in [0.15, 0.2) is 24.5 Å². The number of methoxy groups -OCH3 is 1. The van der Waals surface area contributed by atoms with Gasteiger partial charge in [-0.15, -0.1) is 11.6 Å². The second-order valence-electron chi connectivity index (χ2n) is 4.77. The molecule has 0 bridgehead atoms. The molecule has 2 heterocycles. The molecule has 0 amide bonds. The SMILES string of the molecule is COc1cc2c(cc1F)nc(C(C)Cl)n2-c1cnn(C)c1. The predicted octanol–water partition coefficient (Wildman–Crippen LogP) is 3.21. The van der Waals surface area contributed by atoms with E-state index >= 15 is 0 Å². The van der Waals surface area contributed by atoms with E-state index in [-0.39, 0.29) is 11.1 Å². The van der Waals surface area contributed by atoms with E-state index in [0.717, 1.165) is 11.2 Å². The summed E-state index contributed by atoms with van der Waals surface area (Å²) in [5, 5.41) is 3.83. The van der Waals surface area contributed by atoms with E-state index in [9.17, 15) is 4.39 Å². The molecule has 110 valence electrons. The van der Waals surface area contributed by atoms with E-state index in [2.05, 4.69) is 10.1 Å². The fourth-order valence-electron chi connectivity index (χ4n) is 2.32. The van der Waals surface area contributed by atoms with Crippen molar-refractivity contribution >= 4 is 22.6 Å². The highest BCUT2D eigenvalue weighted by Gasteiger charge is 2.19. The highest BCUT2D eigenvalue weighted by Crippen LogP contribution is 2.31. The Balaban J connectivity index is 2.35. The molecule has 2 aromatic heterocycles. The number of ether oxygens (including phenoxy) is 1. The van der Waals surface area contributed by atoms with Crippen LogP contribution in [-0.4, -0.2) is 26.4 Å². The summed E-state index contributed by atoms with van der Waals surface area (Å²) in [5.74, 6) is 0.350. The average Bonchev–Trinajstić information content (AvgIpc) is 3.00. The predicted molar refractivity (Wildman–Crippen MR) is 78.6 cm³/mol. The Labute approximate surface area is 125 Å². The number of nitrogens with zero attached hydrogens (tertiary/aromatic N) is 4. The molecule has 0 aliphatic carbocycles. The first-order chi connectivity index (χ1) is 10.0. The van der Waals surface area contributed by atoms with E-state index < -0.39 is 5.82 Å². The van der Waals surface area contributed by atoms with E-state index in [1.807, 2.05) is 24.7 Å². The normalized spacial score (nSPS) is 12.8. The number of hydrogen-bond donors (Lipinski definition) is 0. The standard InChI is InChI=1S/C14H14ClFN4O/c1-8(15)14-18-11-4-10(16)13(21-3)5-12(11)20(14)9-6-17-19(2)7-9/h4-8H,1-3H3. The van der Waals surface area contributed by atoms with Crippen LogP contribution in [0.2, 0.25) is 0 Å². The van der Waals surface area contributed by atoms with Crippen LogP contribution < -0.4 is 4.74 Å². The molecule has 3 aromatic rings. The Hall–Kier alpha value is -2.08. The van der Waals surface area contributed by atoms with Crippen LogP contribution in [0.4, 0.5) is 4.39 Å². The molecule has 0 aliphatic heterocycles. The molecule has 21 heavy (non-hydrogen) atoms. The molecule has 0 aliphatic rings. The fraction of sp³-hybridized carbons (Fsp3) is 0.286. The first-order valence-corrected chi connectivity index (χ1v) is 6.84. The van der Waals surface area contributed by atoms with Crippen LogP contribution in [0.25, 0.3) is 16.7 Å². The third-order valence-electron chi connectivity index (χ3n) is 3.26. The lowest BCUT2D eigenvalue weighted by Crippen LogP contribution is -2.01. The molecule has 0 saturated carbocycles. The Bertz CT molecular complexity index is 809. The minimum Gasteiger partial charge on any atom is -0.494 e. The summed E-state index contributed by atoms with van der Waals surface area (Å²) in [6.45, 7) is 1.82. The quantitative estimate of drug-likeness (QED) is 0.698. The first kappa shape index (κ1) is 13.9. The van der Waals surface area contributed by atoms with Crippen molar-refractivity contribution in [3.05, 3.63) is 36.2 Å². The van der Waals surface area contributed by atoms with Gasteiger partial charge in [-0.2, -0.15) is 5.10 Å². The van der Waals surface area contributed by atoms with Crippen molar-refractivity contribution in [3.63, 3.8) is 0 Å². The topological polar surface area (TPSA) is 44.9 Å². The van der Waals surface area contributed by atoms with Crippen LogP contribution >= 0.6 is 11.6 Å². The van der Waals surface area contributed by atoms with Gasteiger partial charge in [0.1, 0.15) is 5.82 Å². The number of rotatable bonds is 3. The van der Waals surface area contributed by atoms with Gasteiger partial charge in [0.05, 0.1) is 35.4 Å². The van der Waals surface area contributed by atoms with Crippen LogP contribution in [0, 0.1) is 5.82 Å². The smallest absolute Gasteiger partial charge is 0.167 e. The summed E-state index contributed by atoms with van der Waals surface area (Å²) in [5.41, 5.74) is 2.07. The maximum Gasteiger partial charge on any atom is 0.167 e. The van der Waals surface area contributed by atoms with Crippen LogP contribution in [0.3, 0.4) is 0 Å². The minimum absolute atomic E-state index is 0.168. The van der Waals surface area contributed by atoms with Gasteiger partial charge in [0.2, 0.25) is 0 Å². The molecule has 1 aromatic carbocycles. The van der Waals surface area contributed by atoms with Gasteiger partial charge in [-0.1, -0.05) is 0 Å². The van der Waals surface area contributed by atoms with Gasteiger partial charge in [-0.3, -0.25) is 9.25 Å². The first-order valence-electron chi connectivity index (χ1n) is 6.40. The molecule has 0 fully saturated rings. The van der Waals surface area contributed by atoms with Crippen LogP contribution in [-0.2, 0) is 7.05 Å². The summed E-state index contributed by atoms with van der Waals surface area (Å²) in [6.07, 6.45) is 3.56. The van der Waals surface area contributed by atoms with Crippen molar-refractivity contribution in [1.29, 1.82) is 0 Å². The van der Waals surface area contributed by atoms with Crippen molar-refractivity contribution in [2.45, 2.75) is 12.3 Å². The zero-order valence-electron chi connectivity index (χ0n) is 11.8. The van der Waals surface area contributed by atoms with Crippen molar-refractivity contribution in [3.8, 4) is 11.4 Å². The van der Waals surface area contributed by atoms with Gasteiger partial charge in [0, 0.05) is 25.4 Å². The number of aromatic nitrogens is 4. The van der Waals surface area contributed by atoms with E-state index in [1.54, 1.807) is 16.9 Å². The van der Waals surface area contributed by atoms with Crippen molar-refractivity contribution in [2.24, 2.45) is 7.05 Å².